The molecule has 2 rings (SSSR count). The van der Waals surface area contributed by atoms with Gasteiger partial charge in [0.25, 0.3) is 0 Å². The minimum Gasteiger partial charge on any atom is -0.353 e. The molecule has 1 unspecified atom stereocenters. The number of nitrogens with zero attached hydrogens (tertiary/aromatic N) is 1. The molecule has 0 aliphatic carbocycles. The molecule has 1 aromatic rings. The number of piperidine rings is 1. The van der Waals surface area contributed by atoms with Crippen molar-refractivity contribution in [3.8, 4) is 0 Å². The molecule has 0 aromatic heterocycles. The fourth-order valence-electron chi connectivity index (χ4n) is 2.80. The normalized spacial score (nSPS) is 16.4. The fourth-order valence-corrected chi connectivity index (χ4v) is 2.80. The first-order valence-corrected chi connectivity index (χ1v) is 8.36. The zero-order valence-electron chi connectivity index (χ0n) is 14.4. The van der Waals surface area contributed by atoms with Crippen LogP contribution in [0.3, 0.4) is 0 Å². The van der Waals surface area contributed by atoms with E-state index in [0.29, 0.717) is 19.5 Å². The van der Waals surface area contributed by atoms with Crippen molar-refractivity contribution in [2.24, 2.45) is 11.7 Å². The van der Waals surface area contributed by atoms with Gasteiger partial charge in [-0.15, -0.1) is 12.4 Å². The molecule has 3 N–H and O–H groups in total. The second-order valence-electron chi connectivity index (χ2n) is 6.56. The van der Waals surface area contributed by atoms with E-state index in [1.54, 1.807) is 0 Å². The van der Waals surface area contributed by atoms with Crippen LogP contribution in [-0.4, -0.2) is 41.9 Å². The molecule has 1 atom stereocenters. The van der Waals surface area contributed by atoms with Crippen molar-refractivity contribution in [2.75, 3.05) is 13.1 Å². The van der Waals surface area contributed by atoms with Gasteiger partial charge in [0.05, 0.1) is 6.04 Å². The molecule has 1 fully saturated rings. The van der Waals surface area contributed by atoms with Crippen LogP contribution < -0.4 is 11.1 Å². The van der Waals surface area contributed by atoms with Crippen LogP contribution in [0.25, 0.3) is 0 Å². The second kappa shape index (κ2) is 9.64. The Labute approximate surface area is 150 Å². The SMILES string of the molecule is CC(C)C(=O)NC1CCN(C(=O)C(N)Cc2ccccc2)CC1.Cl. The Morgan fingerprint density at radius 3 is 2.33 bits per heavy atom. The highest BCUT2D eigenvalue weighted by molar-refractivity contribution is 5.85. The Bertz CT molecular complexity index is 528. The molecule has 24 heavy (non-hydrogen) atoms. The summed E-state index contributed by atoms with van der Waals surface area (Å²) in [4.78, 5) is 26.0. The van der Waals surface area contributed by atoms with Gasteiger partial charge in [-0.1, -0.05) is 44.2 Å². The van der Waals surface area contributed by atoms with Crippen LogP contribution >= 0.6 is 12.4 Å². The van der Waals surface area contributed by atoms with Crippen LogP contribution in [0.2, 0.25) is 0 Å². The number of likely N-dealkylation sites (tertiary alicyclic amines) is 1. The predicted octanol–water partition coefficient (Wildman–Crippen LogP) is 1.74. The van der Waals surface area contributed by atoms with Gasteiger partial charge in [-0.3, -0.25) is 9.59 Å². The first-order chi connectivity index (χ1) is 11.0. The molecule has 134 valence electrons. The molecular weight excluding hydrogens is 326 g/mol. The molecule has 0 bridgehead atoms. The second-order valence-corrected chi connectivity index (χ2v) is 6.56. The zero-order valence-corrected chi connectivity index (χ0v) is 15.2. The van der Waals surface area contributed by atoms with Gasteiger partial charge in [0.1, 0.15) is 0 Å². The molecular formula is C18H28ClN3O2. The third kappa shape index (κ3) is 5.80. The van der Waals surface area contributed by atoms with Crippen molar-refractivity contribution in [3.63, 3.8) is 0 Å². The Hall–Kier alpha value is -1.59. The molecule has 0 saturated carbocycles. The maximum atomic E-state index is 12.5. The van der Waals surface area contributed by atoms with Crippen molar-refractivity contribution in [1.82, 2.24) is 10.2 Å². The molecule has 2 amide bonds. The standard InChI is InChI=1S/C18H27N3O2.ClH/c1-13(2)17(22)20-15-8-10-21(11-9-15)18(23)16(19)12-14-6-4-3-5-7-14;/h3-7,13,15-16H,8-12,19H2,1-2H3,(H,20,22);1H. The molecule has 5 nitrogen and oxygen atoms in total. The molecule has 1 aliphatic rings. The summed E-state index contributed by atoms with van der Waals surface area (Å²) in [5, 5.41) is 3.04. The maximum Gasteiger partial charge on any atom is 0.239 e. The summed E-state index contributed by atoms with van der Waals surface area (Å²) in [5.41, 5.74) is 7.15. The van der Waals surface area contributed by atoms with E-state index in [9.17, 15) is 9.59 Å². The minimum absolute atomic E-state index is 0. The average molecular weight is 354 g/mol. The maximum absolute atomic E-state index is 12.5. The van der Waals surface area contributed by atoms with Gasteiger partial charge in [-0.2, -0.15) is 0 Å². The monoisotopic (exact) mass is 353 g/mol. The molecule has 1 aromatic carbocycles. The third-order valence-electron chi connectivity index (χ3n) is 4.29. The van der Waals surface area contributed by atoms with Crippen LogP contribution in [0, 0.1) is 5.92 Å². The van der Waals surface area contributed by atoms with Gasteiger partial charge >= 0.3 is 0 Å². The molecule has 1 aliphatic heterocycles. The lowest BCUT2D eigenvalue weighted by Gasteiger charge is -2.34. The lowest BCUT2D eigenvalue weighted by Crippen LogP contribution is -2.51. The van der Waals surface area contributed by atoms with E-state index < -0.39 is 6.04 Å². The molecule has 1 heterocycles. The molecule has 1 saturated heterocycles. The van der Waals surface area contributed by atoms with Gasteiger partial charge in [0.2, 0.25) is 11.8 Å². The first-order valence-electron chi connectivity index (χ1n) is 8.36. The van der Waals surface area contributed by atoms with Gasteiger partial charge in [0, 0.05) is 25.0 Å². The number of hydrogen-bond donors (Lipinski definition) is 2. The van der Waals surface area contributed by atoms with E-state index in [1.165, 1.54) is 0 Å². The topological polar surface area (TPSA) is 75.4 Å². The third-order valence-corrected chi connectivity index (χ3v) is 4.29. The zero-order chi connectivity index (χ0) is 16.8. The van der Waals surface area contributed by atoms with E-state index in [4.69, 9.17) is 5.73 Å². The molecule has 0 spiro atoms. The molecule has 6 heteroatoms. The van der Waals surface area contributed by atoms with Crippen LogP contribution in [0.4, 0.5) is 0 Å². The summed E-state index contributed by atoms with van der Waals surface area (Å²) in [5.74, 6) is 0.0759. The number of nitrogens with two attached hydrogens (primary N) is 1. The largest absolute Gasteiger partial charge is 0.353 e. The predicted molar refractivity (Wildman–Crippen MR) is 98.0 cm³/mol. The Morgan fingerprint density at radius 1 is 1.21 bits per heavy atom. The van der Waals surface area contributed by atoms with Gasteiger partial charge < -0.3 is 16.0 Å². The number of carbonyl (C=O) groups is 2. The number of carbonyl (C=O) groups excluding carboxylic acids is 2. The van der Waals surface area contributed by atoms with Crippen molar-refractivity contribution < 1.29 is 9.59 Å². The summed E-state index contributed by atoms with van der Waals surface area (Å²) in [6, 6.07) is 9.50. The Kier molecular flexibility index (Phi) is 8.22. The highest BCUT2D eigenvalue weighted by Crippen LogP contribution is 2.13. The fraction of sp³-hybridized carbons (Fsp3) is 0.556. The summed E-state index contributed by atoms with van der Waals surface area (Å²) >= 11 is 0. The van der Waals surface area contributed by atoms with Crippen molar-refractivity contribution in [1.29, 1.82) is 0 Å². The summed E-state index contributed by atoms with van der Waals surface area (Å²) in [7, 11) is 0. The van der Waals surface area contributed by atoms with Crippen molar-refractivity contribution in [2.45, 2.75) is 45.2 Å². The number of amides is 2. The highest BCUT2D eigenvalue weighted by Gasteiger charge is 2.27. The van der Waals surface area contributed by atoms with E-state index in [2.05, 4.69) is 5.32 Å². The smallest absolute Gasteiger partial charge is 0.239 e. The lowest BCUT2D eigenvalue weighted by molar-refractivity contribution is -0.133. The average Bonchev–Trinajstić information content (AvgIpc) is 2.55. The van der Waals surface area contributed by atoms with Gasteiger partial charge in [-0.05, 0) is 24.8 Å². The van der Waals surface area contributed by atoms with Gasteiger partial charge in [0.15, 0.2) is 0 Å². The number of rotatable bonds is 5. The lowest BCUT2D eigenvalue weighted by atomic mass is 10.0. The highest BCUT2D eigenvalue weighted by atomic mass is 35.5. The van der Waals surface area contributed by atoms with Crippen molar-refractivity contribution in [3.05, 3.63) is 35.9 Å². The number of benzene rings is 1. The van der Waals surface area contributed by atoms with E-state index in [-0.39, 0.29) is 36.2 Å². The van der Waals surface area contributed by atoms with Crippen LogP contribution in [0.1, 0.15) is 32.3 Å². The summed E-state index contributed by atoms with van der Waals surface area (Å²) < 4.78 is 0. The summed E-state index contributed by atoms with van der Waals surface area (Å²) in [6.07, 6.45) is 2.15. The molecule has 0 radical (unpaired) electrons. The number of halogens is 1. The Morgan fingerprint density at radius 2 is 1.79 bits per heavy atom. The van der Waals surface area contributed by atoms with E-state index in [1.807, 2.05) is 49.1 Å². The number of hydrogen-bond acceptors (Lipinski definition) is 3. The van der Waals surface area contributed by atoms with Gasteiger partial charge in [-0.25, -0.2) is 0 Å². The Balaban J connectivity index is 0.00000288. The van der Waals surface area contributed by atoms with Crippen LogP contribution in [0.15, 0.2) is 30.3 Å². The van der Waals surface area contributed by atoms with E-state index >= 15 is 0 Å². The summed E-state index contributed by atoms with van der Waals surface area (Å²) in [6.45, 7) is 5.09. The van der Waals surface area contributed by atoms with Crippen LogP contribution in [-0.2, 0) is 16.0 Å². The minimum atomic E-state index is -0.501. The van der Waals surface area contributed by atoms with Crippen molar-refractivity contribution >= 4 is 24.2 Å². The van der Waals surface area contributed by atoms with Crippen LogP contribution in [0.5, 0.6) is 0 Å². The first kappa shape index (κ1) is 20.5. The quantitative estimate of drug-likeness (QED) is 0.846. The number of nitrogens with one attached hydrogen (secondary N) is 1. The van der Waals surface area contributed by atoms with E-state index in [0.717, 1.165) is 18.4 Å².